The molecule has 1 nitrogen and oxygen atoms in total. The Bertz CT molecular complexity index is 33.2. The first-order valence-electron chi connectivity index (χ1n) is 2.71. The van der Waals surface area contributed by atoms with Crippen LogP contribution < -0.4 is 0 Å². The van der Waals surface area contributed by atoms with Crippen LogP contribution in [0.5, 0.6) is 0 Å². The average molecular weight is 100 g/mol. The second-order valence-corrected chi connectivity index (χ2v) is 1.80. The van der Waals surface area contributed by atoms with Gasteiger partial charge in [0.15, 0.2) is 0 Å². The van der Waals surface area contributed by atoms with E-state index in [1.165, 1.54) is 0 Å². The van der Waals surface area contributed by atoms with Gasteiger partial charge in [-0.05, 0) is 26.2 Å². The first kappa shape index (κ1) is 6.96. The van der Waals surface area contributed by atoms with Crippen LogP contribution in [0.4, 0.5) is 0 Å². The summed E-state index contributed by atoms with van der Waals surface area (Å²) >= 11 is 0. The van der Waals surface area contributed by atoms with Crippen molar-refractivity contribution in [2.24, 2.45) is 0 Å². The SMILES string of the molecule is C[CH]CCC(C)[O]. The standard InChI is InChI=1S/C6H12O/c1-3-4-5-6(2)7/h3,6H,4-5H2,1-2H3. The Morgan fingerprint density at radius 3 is 2.43 bits per heavy atom. The topological polar surface area (TPSA) is 19.9 Å². The smallest absolute Gasteiger partial charge is 0.0902 e. The van der Waals surface area contributed by atoms with E-state index in [0.29, 0.717) is 0 Å². The molecule has 0 heterocycles. The predicted octanol–water partition coefficient (Wildman–Crippen LogP) is 1.81. The summed E-state index contributed by atoms with van der Waals surface area (Å²) in [5.74, 6) is 0. The van der Waals surface area contributed by atoms with Crippen molar-refractivity contribution in [2.75, 3.05) is 0 Å². The second kappa shape index (κ2) is 4.13. The molecule has 0 aromatic rings. The summed E-state index contributed by atoms with van der Waals surface area (Å²) in [6.45, 7) is 3.67. The van der Waals surface area contributed by atoms with Gasteiger partial charge < -0.3 is 0 Å². The van der Waals surface area contributed by atoms with E-state index in [1.54, 1.807) is 6.92 Å². The molecule has 0 aromatic heterocycles. The van der Waals surface area contributed by atoms with E-state index in [1.807, 2.05) is 13.3 Å². The lowest BCUT2D eigenvalue weighted by molar-refractivity contribution is 0.0977. The zero-order valence-corrected chi connectivity index (χ0v) is 4.98. The normalized spacial score (nSPS) is 14.1. The summed E-state index contributed by atoms with van der Waals surface area (Å²) in [5, 5.41) is 10.3. The second-order valence-electron chi connectivity index (χ2n) is 1.80. The van der Waals surface area contributed by atoms with Gasteiger partial charge in [0, 0.05) is 0 Å². The van der Waals surface area contributed by atoms with Crippen molar-refractivity contribution in [1.29, 1.82) is 0 Å². The van der Waals surface area contributed by atoms with Crippen molar-refractivity contribution in [1.82, 2.24) is 0 Å². The molecule has 1 unspecified atom stereocenters. The Hall–Kier alpha value is -0.0400. The highest BCUT2D eigenvalue weighted by Gasteiger charge is 1.92. The first-order chi connectivity index (χ1) is 3.27. The van der Waals surface area contributed by atoms with Crippen LogP contribution in [0.2, 0.25) is 0 Å². The molecule has 0 rings (SSSR count). The van der Waals surface area contributed by atoms with Gasteiger partial charge in [-0.1, -0.05) is 6.92 Å². The molecule has 0 spiro atoms. The molecular weight excluding hydrogens is 88.1 g/mol. The van der Waals surface area contributed by atoms with Crippen molar-refractivity contribution in [3.8, 4) is 0 Å². The van der Waals surface area contributed by atoms with Gasteiger partial charge in [-0.15, -0.1) is 0 Å². The highest BCUT2D eigenvalue weighted by molar-refractivity contribution is 4.57. The van der Waals surface area contributed by atoms with E-state index in [2.05, 4.69) is 0 Å². The van der Waals surface area contributed by atoms with Crippen molar-refractivity contribution in [2.45, 2.75) is 32.8 Å². The molecule has 1 heteroatoms. The van der Waals surface area contributed by atoms with E-state index in [-0.39, 0.29) is 6.10 Å². The Kier molecular flexibility index (Phi) is 4.10. The summed E-state index contributed by atoms with van der Waals surface area (Å²) in [4.78, 5) is 0. The summed E-state index contributed by atoms with van der Waals surface area (Å²) in [6.07, 6.45) is 3.39. The maximum Gasteiger partial charge on any atom is 0.0902 e. The third-order valence-electron chi connectivity index (χ3n) is 0.862. The van der Waals surface area contributed by atoms with Gasteiger partial charge >= 0.3 is 0 Å². The van der Waals surface area contributed by atoms with E-state index in [0.717, 1.165) is 12.8 Å². The minimum Gasteiger partial charge on any atom is -0.233 e. The molecule has 0 bridgehead atoms. The summed E-state index contributed by atoms with van der Waals surface area (Å²) in [7, 11) is 0. The summed E-state index contributed by atoms with van der Waals surface area (Å²) in [5.41, 5.74) is 0. The van der Waals surface area contributed by atoms with Crippen LogP contribution in [0, 0.1) is 6.42 Å². The summed E-state index contributed by atoms with van der Waals surface area (Å²) < 4.78 is 0. The third-order valence-corrected chi connectivity index (χ3v) is 0.862. The molecule has 0 aliphatic heterocycles. The van der Waals surface area contributed by atoms with E-state index in [4.69, 9.17) is 0 Å². The van der Waals surface area contributed by atoms with Crippen molar-refractivity contribution in [3.05, 3.63) is 6.42 Å². The number of unbranched alkanes of at least 4 members (excludes halogenated alkanes) is 1. The van der Waals surface area contributed by atoms with Crippen LogP contribution in [0.15, 0.2) is 0 Å². The van der Waals surface area contributed by atoms with Crippen LogP contribution in [0.25, 0.3) is 0 Å². The molecule has 0 saturated carbocycles. The van der Waals surface area contributed by atoms with Crippen LogP contribution in [-0.4, -0.2) is 6.10 Å². The Morgan fingerprint density at radius 2 is 2.29 bits per heavy atom. The lowest BCUT2D eigenvalue weighted by atomic mass is 10.2. The summed E-state index contributed by atoms with van der Waals surface area (Å²) in [6, 6.07) is 0. The fourth-order valence-corrected chi connectivity index (χ4v) is 0.401. The van der Waals surface area contributed by atoms with Gasteiger partial charge in [0.2, 0.25) is 0 Å². The highest BCUT2D eigenvalue weighted by Crippen LogP contribution is 1.97. The average Bonchev–Trinajstić information content (AvgIpc) is 1.61. The van der Waals surface area contributed by atoms with E-state index in [9.17, 15) is 5.11 Å². The number of hydrogen-bond donors (Lipinski definition) is 0. The molecule has 0 aromatic carbocycles. The van der Waals surface area contributed by atoms with Gasteiger partial charge in [0.1, 0.15) is 0 Å². The molecule has 0 aliphatic rings. The van der Waals surface area contributed by atoms with Gasteiger partial charge in [-0.2, -0.15) is 0 Å². The zero-order valence-electron chi connectivity index (χ0n) is 4.98. The molecule has 1 atom stereocenters. The minimum absolute atomic E-state index is 0.379. The lowest BCUT2D eigenvalue weighted by Crippen LogP contribution is -1.95. The third kappa shape index (κ3) is 5.96. The maximum atomic E-state index is 10.3. The van der Waals surface area contributed by atoms with Crippen LogP contribution in [0.1, 0.15) is 26.7 Å². The fraction of sp³-hybridized carbons (Fsp3) is 0.833. The Labute approximate surface area is 45.4 Å². The van der Waals surface area contributed by atoms with Crippen molar-refractivity contribution in [3.63, 3.8) is 0 Å². The molecule has 0 fully saturated rings. The van der Waals surface area contributed by atoms with Crippen molar-refractivity contribution >= 4 is 0 Å². The van der Waals surface area contributed by atoms with Crippen LogP contribution in [0.3, 0.4) is 0 Å². The quantitative estimate of drug-likeness (QED) is 0.515. The Balaban J connectivity index is 2.68. The van der Waals surface area contributed by atoms with Gasteiger partial charge in [-0.25, -0.2) is 5.11 Å². The fourth-order valence-electron chi connectivity index (χ4n) is 0.401. The number of rotatable bonds is 3. The van der Waals surface area contributed by atoms with Gasteiger partial charge in [0.25, 0.3) is 0 Å². The Morgan fingerprint density at radius 1 is 1.71 bits per heavy atom. The monoisotopic (exact) mass is 100 g/mol. The molecule has 0 amide bonds. The van der Waals surface area contributed by atoms with E-state index < -0.39 is 0 Å². The highest BCUT2D eigenvalue weighted by atomic mass is 16.3. The first-order valence-corrected chi connectivity index (χ1v) is 2.71. The maximum absolute atomic E-state index is 10.3. The van der Waals surface area contributed by atoms with E-state index >= 15 is 0 Å². The predicted molar refractivity (Wildman–Crippen MR) is 29.4 cm³/mol. The molecule has 7 heavy (non-hydrogen) atoms. The zero-order chi connectivity index (χ0) is 5.70. The molecule has 42 valence electrons. The van der Waals surface area contributed by atoms with Gasteiger partial charge in [0.05, 0.1) is 6.10 Å². The number of hydrogen-bond acceptors (Lipinski definition) is 0. The lowest BCUT2D eigenvalue weighted by Gasteiger charge is -1.95. The molecule has 0 aliphatic carbocycles. The molecule has 0 N–H and O–H groups in total. The van der Waals surface area contributed by atoms with Crippen LogP contribution in [-0.2, 0) is 5.11 Å². The molecule has 2 radical (unpaired) electrons. The largest absolute Gasteiger partial charge is 0.233 e. The van der Waals surface area contributed by atoms with Crippen molar-refractivity contribution < 1.29 is 5.11 Å². The molecular formula is C6H12O. The van der Waals surface area contributed by atoms with Gasteiger partial charge in [-0.3, -0.25) is 0 Å². The molecule has 0 saturated heterocycles. The minimum atomic E-state index is -0.379. The van der Waals surface area contributed by atoms with Crippen LogP contribution >= 0.6 is 0 Å².